The predicted molar refractivity (Wildman–Crippen MR) is 265 cm³/mol. The molecule has 0 rings (SSSR count). The topological polar surface area (TPSA) is 78.9 Å². The summed E-state index contributed by atoms with van der Waals surface area (Å²) in [5.41, 5.74) is 0. The van der Waals surface area contributed by atoms with E-state index in [1.54, 1.807) is 0 Å². The molecule has 0 N–H and O–H groups in total. The summed E-state index contributed by atoms with van der Waals surface area (Å²) < 4.78 is 16.7. The zero-order valence-corrected chi connectivity index (χ0v) is 39.6. The van der Waals surface area contributed by atoms with Crippen molar-refractivity contribution in [1.82, 2.24) is 0 Å². The number of unbranched alkanes of at least 4 members (excludes halogenated alkanes) is 11. The first-order chi connectivity index (χ1) is 30.5. The molecule has 0 aromatic rings. The number of ether oxygens (including phenoxy) is 3. The number of esters is 3. The van der Waals surface area contributed by atoms with E-state index in [9.17, 15) is 14.4 Å². The quantitative estimate of drug-likeness (QED) is 0.0263. The number of carbonyl (C=O) groups is 3. The van der Waals surface area contributed by atoms with Gasteiger partial charge in [0.1, 0.15) is 13.2 Å². The van der Waals surface area contributed by atoms with Crippen molar-refractivity contribution in [2.45, 2.75) is 200 Å². The Morgan fingerprint density at radius 3 is 0.952 bits per heavy atom. The van der Waals surface area contributed by atoms with Crippen molar-refractivity contribution >= 4 is 17.9 Å². The summed E-state index contributed by atoms with van der Waals surface area (Å²) in [6.45, 7) is 6.19. The molecule has 0 aliphatic rings. The first-order valence-corrected chi connectivity index (χ1v) is 24.5. The van der Waals surface area contributed by atoms with Crippen molar-refractivity contribution in [3.63, 3.8) is 0 Å². The molecule has 0 bridgehead atoms. The van der Waals surface area contributed by atoms with Gasteiger partial charge in [0, 0.05) is 19.3 Å². The van der Waals surface area contributed by atoms with Gasteiger partial charge in [-0.3, -0.25) is 14.4 Å². The zero-order valence-electron chi connectivity index (χ0n) is 39.6. The second-order valence-corrected chi connectivity index (χ2v) is 15.6. The average Bonchev–Trinajstić information content (AvgIpc) is 3.27. The number of hydrogen-bond acceptors (Lipinski definition) is 6. The summed E-state index contributed by atoms with van der Waals surface area (Å²) >= 11 is 0. The van der Waals surface area contributed by atoms with E-state index in [1.807, 2.05) is 0 Å². The maximum atomic E-state index is 12.8. The van der Waals surface area contributed by atoms with Crippen molar-refractivity contribution in [2.24, 2.45) is 0 Å². The van der Waals surface area contributed by atoms with Crippen LogP contribution in [0.15, 0.2) is 122 Å². The normalized spacial score (nSPS) is 13.1. The van der Waals surface area contributed by atoms with Gasteiger partial charge in [0.25, 0.3) is 0 Å². The molecule has 0 heterocycles. The van der Waals surface area contributed by atoms with E-state index >= 15 is 0 Å². The van der Waals surface area contributed by atoms with Crippen LogP contribution in [0.4, 0.5) is 0 Å². The van der Waals surface area contributed by atoms with Crippen LogP contribution in [0.1, 0.15) is 194 Å². The molecular weight excluding hydrogens is 769 g/mol. The van der Waals surface area contributed by atoms with Gasteiger partial charge in [-0.05, 0) is 122 Å². The third-order valence-corrected chi connectivity index (χ3v) is 9.69. The van der Waals surface area contributed by atoms with Crippen LogP contribution in [-0.4, -0.2) is 37.2 Å². The lowest BCUT2D eigenvalue weighted by atomic mass is 10.1. The molecule has 0 aliphatic heterocycles. The van der Waals surface area contributed by atoms with Gasteiger partial charge < -0.3 is 14.2 Å². The first kappa shape index (κ1) is 57.8. The Morgan fingerprint density at radius 1 is 0.323 bits per heavy atom. The molecule has 0 aliphatic carbocycles. The van der Waals surface area contributed by atoms with Crippen LogP contribution in [0.25, 0.3) is 0 Å². The van der Waals surface area contributed by atoms with E-state index < -0.39 is 6.10 Å². The molecule has 0 spiro atoms. The van der Waals surface area contributed by atoms with E-state index in [0.717, 1.165) is 141 Å². The number of hydrogen-bond donors (Lipinski definition) is 0. The summed E-state index contributed by atoms with van der Waals surface area (Å²) in [6.07, 6.45) is 67.7. The van der Waals surface area contributed by atoms with Gasteiger partial charge in [0.05, 0.1) is 0 Å². The highest BCUT2D eigenvalue weighted by atomic mass is 16.6. The molecule has 0 radical (unpaired) electrons. The predicted octanol–water partition coefficient (Wildman–Crippen LogP) is 16.1. The van der Waals surface area contributed by atoms with Gasteiger partial charge in [0.2, 0.25) is 0 Å². The van der Waals surface area contributed by atoms with Crippen molar-refractivity contribution < 1.29 is 28.6 Å². The van der Waals surface area contributed by atoms with Crippen molar-refractivity contribution in [2.75, 3.05) is 13.2 Å². The molecule has 6 nitrogen and oxygen atoms in total. The first-order valence-electron chi connectivity index (χ1n) is 24.5. The molecule has 0 aromatic heterocycles. The Morgan fingerprint density at radius 2 is 0.581 bits per heavy atom. The van der Waals surface area contributed by atoms with Gasteiger partial charge in [-0.2, -0.15) is 0 Å². The lowest BCUT2D eigenvalue weighted by Gasteiger charge is -2.18. The molecule has 0 aromatic carbocycles. The minimum Gasteiger partial charge on any atom is -0.462 e. The Labute approximate surface area is 380 Å². The maximum absolute atomic E-state index is 12.8. The van der Waals surface area contributed by atoms with Crippen LogP contribution in [0.5, 0.6) is 0 Å². The fraction of sp³-hybridized carbons (Fsp3) is 0.589. The summed E-state index contributed by atoms with van der Waals surface area (Å²) in [5, 5.41) is 0. The van der Waals surface area contributed by atoms with E-state index in [4.69, 9.17) is 14.2 Å². The van der Waals surface area contributed by atoms with Gasteiger partial charge in [-0.15, -0.1) is 0 Å². The van der Waals surface area contributed by atoms with Crippen LogP contribution in [0.3, 0.4) is 0 Å². The van der Waals surface area contributed by atoms with Crippen molar-refractivity contribution in [3.8, 4) is 0 Å². The van der Waals surface area contributed by atoms with E-state index in [-0.39, 0.29) is 31.1 Å². The van der Waals surface area contributed by atoms with Crippen molar-refractivity contribution in [1.29, 1.82) is 0 Å². The molecule has 6 heteroatoms. The monoisotopic (exact) mass is 857 g/mol. The lowest BCUT2D eigenvalue weighted by molar-refractivity contribution is -0.167. The average molecular weight is 857 g/mol. The summed E-state index contributed by atoms with van der Waals surface area (Å²) in [4.78, 5) is 37.8. The number of allylic oxidation sites excluding steroid dienone is 20. The molecular formula is C56H88O6. The Kier molecular flexibility index (Phi) is 46.1. The molecule has 348 valence electrons. The fourth-order valence-corrected chi connectivity index (χ4v) is 6.11. The molecule has 1 atom stereocenters. The smallest absolute Gasteiger partial charge is 0.306 e. The SMILES string of the molecule is CC/C=C\C/C=C\C/C=C\C/C=C\C/C=C\CCCCCC(=O)OCC(COC(=O)CCCC/C=C\C/C=C\CC)OC(=O)CCCCCCCC/C=C\C/C=C\C/C=C\CC. The largest absolute Gasteiger partial charge is 0.462 e. The highest BCUT2D eigenvalue weighted by Gasteiger charge is 2.19. The third kappa shape index (κ3) is 46.9. The van der Waals surface area contributed by atoms with E-state index in [1.165, 1.54) is 12.8 Å². The highest BCUT2D eigenvalue weighted by Crippen LogP contribution is 2.12. The maximum Gasteiger partial charge on any atom is 0.306 e. The third-order valence-electron chi connectivity index (χ3n) is 9.69. The van der Waals surface area contributed by atoms with Gasteiger partial charge in [-0.25, -0.2) is 0 Å². The van der Waals surface area contributed by atoms with Gasteiger partial charge in [-0.1, -0.05) is 174 Å². The minimum absolute atomic E-state index is 0.115. The molecule has 0 amide bonds. The summed E-state index contributed by atoms with van der Waals surface area (Å²) in [7, 11) is 0. The van der Waals surface area contributed by atoms with Crippen LogP contribution in [0, 0.1) is 0 Å². The zero-order chi connectivity index (χ0) is 45.1. The van der Waals surface area contributed by atoms with Crippen molar-refractivity contribution in [3.05, 3.63) is 122 Å². The Hall–Kier alpha value is -4.19. The molecule has 62 heavy (non-hydrogen) atoms. The van der Waals surface area contributed by atoms with Gasteiger partial charge in [0.15, 0.2) is 6.10 Å². The Bertz CT molecular complexity index is 1350. The standard InChI is InChI=1S/C56H88O6/c1-4-7-10-13-16-19-21-23-25-27-28-29-31-32-34-37-40-43-46-49-55(58)61-52-53(51-60-54(57)48-45-42-39-36-18-15-12-9-6-3)62-56(59)50-47-44-41-38-35-33-30-26-24-22-20-17-14-11-8-5-2/h7-12,16-20,23-26,28-29,32,34,36,53H,4-6,13-15,21-22,27,30-31,33,35,37-52H2,1-3H3/b10-7-,11-8-,12-9-,19-16-,20-17-,25-23-,26-24-,29-28-,34-32-,36-18-. The van der Waals surface area contributed by atoms with E-state index in [0.29, 0.717) is 19.3 Å². The van der Waals surface area contributed by atoms with Crippen LogP contribution < -0.4 is 0 Å². The molecule has 0 saturated heterocycles. The van der Waals surface area contributed by atoms with Gasteiger partial charge >= 0.3 is 17.9 Å². The highest BCUT2D eigenvalue weighted by molar-refractivity contribution is 5.71. The lowest BCUT2D eigenvalue weighted by Crippen LogP contribution is -2.30. The molecule has 0 saturated carbocycles. The fourth-order valence-electron chi connectivity index (χ4n) is 6.11. The Balaban J connectivity index is 4.46. The molecule has 1 unspecified atom stereocenters. The molecule has 0 fully saturated rings. The number of rotatable bonds is 42. The summed E-state index contributed by atoms with van der Waals surface area (Å²) in [6, 6.07) is 0. The van der Waals surface area contributed by atoms with Crippen LogP contribution in [-0.2, 0) is 28.6 Å². The second-order valence-electron chi connectivity index (χ2n) is 15.6. The van der Waals surface area contributed by atoms with E-state index in [2.05, 4.69) is 142 Å². The number of carbonyl (C=O) groups excluding carboxylic acids is 3. The second kappa shape index (κ2) is 49.5. The van der Waals surface area contributed by atoms with Crippen LogP contribution >= 0.6 is 0 Å². The summed E-state index contributed by atoms with van der Waals surface area (Å²) in [5.74, 6) is -1.01. The van der Waals surface area contributed by atoms with Crippen LogP contribution in [0.2, 0.25) is 0 Å². The minimum atomic E-state index is -0.814.